The van der Waals surface area contributed by atoms with Gasteiger partial charge in [-0.25, -0.2) is 4.79 Å². The van der Waals surface area contributed by atoms with E-state index in [0.29, 0.717) is 16.1 Å². The minimum absolute atomic E-state index is 0.0362. The van der Waals surface area contributed by atoms with Gasteiger partial charge in [0.1, 0.15) is 29.4 Å². The molecule has 1 aliphatic rings. The Balaban J connectivity index is 1.36. The first-order chi connectivity index (χ1) is 23.3. The average molecular weight is 649 g/mol. The maximum absolute atomic E-state index is 13.6. The molecule has 1 fully saturated rings. The molecule has 5 aromatic rings. The van der Waals surface area contributed by atoms with E-state index in [0.717, 1.165) is 16.7 Å². The van der Waals surface area contributed by atoms with Gasteiger partial charge in [-0.15, -0.1) is 0 Å². The third-order valence-electron chi connectivity index (χ3n) is 8.66. The fourth-order valence-corrected chi connectivity index (χ4v) is 6.11. The Labute approximate surface area is 277 Å². The van der Waals surface area contributed by atoms with Crippen molar-refractivity contribution in [1.29, 1.82) is 0 Å². The van der Waals surface area contributed by atoms with Gasteiger partial charge in [0.05, 0.1) is 26.9 Å². The Morgan fingerprint density at radius 2 is 1.33 bits per heavy atom. The second-order valence-corrected chi connectivity index (χ2v) is 11.6. The van der Waals surface area contributed by atoms with Gasteiger partial charge in [0.15, 0.2) is 0 Å². The second kappa shape index (κ2) is 13.8. The molecule has 10 nitrogen and oxygen atoms in total. The van der Waals surface area contributed by atoms with Crippen LogP contribution < -0.4 is 20.7 Å². The summed E-state index contributed by atoms with van der Waals surface area (Å²) in [7, 11) is 3.20. The lowest BCUT2D eigenvalue weighted by Gasteiger charge is -2.37. The molecule has 10 heteroatoms. The maximum atomic E-state index is 13.6. The van der Waals surface area contributed by atoms with Gasteiger partial charge in [0, 0.05) is 23.7 Å². The van der Waals surface area contributed by atoms with Crippen molar-refractivity contribution in [3.63, 3.8) is 0 Å². The number of benzene rings is 4. The number of hydrogen-bond acceptors (Lipinski definition) is 8. The molecule has 1 aliphatic heterocycles. The normalized spacial score (nSPS) is 17.6. The lowest BCUT2D eigenvalue weighted by molar-refractivity contribution is -0.0945. The molecule has 6 rings (SSSR count). The number of hydrogen-bond donors (Lipinski definition) is 1. The van der Waals surface area contributed by atoms with Gasteiger partial charge < -0.3 is 24.1 Å². The number of carbonyl (C=O) groups is 1. The van der Waals surface area contributed by atoms with Gasteiger partial charge in [-0.05, 0) is 60.0 Å². The van der Waals surface area contributed by atoms with Crippen LogP contribution in [-0.2, 0) is 15.1 Å². The molecule has 0 aliphatic carbocycles. The van der Waals surface area contributed by atoms with E-state index in [2.05, 4.69) is 0 Å². The molecule has 0 unspecified atom stereocenters. The van der Waals surface area contributed by atoms with Crippen LogP contribution in [0.1, 0.15) is 45.3 Å². The number of nitrogens with zero attached hydrogens (tertiary/aromatic N) is 2. The molecule has 3 atom stereocenters. The van der Waals surface area contributed by atoms with Gasteiger partial charge >= 0.3 is 5.69 Å². The van der Waals surface area contributed by atoms with Gasteiger partial charge in [0.25, 0.3) is 11.5 Å². The number of carbonyl (C=O) groups excluding carboxylic acids is 1. The van der Waals surface area contributed by atoms with Crippen LogP contribution in [-0.4, -0.2) is 53.2 Å². The third-order valence-corrected chi connectivity index (χ3v) is 8.66. The monoisotopic (exact) mass is 648 g/mol. The molecule has 0 bridgehead atoms. The highest BCUT2D eigenvalue weighted by Crippen LogP contribution is 2.42. The molecular weight excluding hydrogens is 612 g/mol. The summed E-state index contributed by atoms with van der Waals surface area (Å²) in [4.78, 5) is 39.9. The van der Waals surface area contributed by atoms with Crippen molar-refractivity contribution >= 4 is 5.91 Å². The summed E-state index contributed by atoms with van der Waals surface area (Å²) in [6.45, 7) is 1.46. The first-order valence-electron chi connectivity index (χ1n) is 15.5. The molecule has 1 N–H and O–H groups in total. The number of rotatable bonds is 10. The zero-order valence-electron chi connectivity index (χ0n) is 26.8. The standard InChI is InChI=1S/C38H36N2O8/c1-25-23-39(37(44)40(35(25)42)36(43)26-10-6-4-7-11-26)34-22-32(41)33(48-34)24-47-38(27-12-8-5-9-13-27,28-14-18-30(45-2)19-15-28)29-16-20-31(46-3)21-17-29/h4-21,23,32-34,41H,22,24H2,1-3H3/t32-,33+,34+/m0/s1. The summed E-state index contributed by atoms with van der Waals surface area (Å²) in [5.41, 5.74) is 0.111. The lowest BCUT2D eigenvalue weighted by Crippen LogP contribution is -2.45. The predicted octanol–water partition coefficient (Wildman–Crippen LogP) is 4.68. The number of aliphatic hydroxyl groups is 1. The zero-order valence-corrected chi connectivity index (χ0v) is 26.8. The molecule has 1 aromatic heterocycles. The fourth-order valence-electron chi connectivity index (χ4n) is 6.11. The number of aromatic nitrogens is 2. The van der Waals surface area contributed by atoms with Crippen molar-refractivity contribution in [3.05, 3.63) is 164 Å². The molecule has 4 aromatic carbocycles. The number of ether oxygens (including phenoxy) is 4. The number of aliphatic hydroxyl groups excluding tert-OH is 1. The first kappa shape index (κ1) is 32.6. The smallest absolute Gasteiger partial charge is 0.340 e. The van der Waals surface area contributed by atoms with E-state index in [9.17, 15) is 19.5 Å². The average Bonchev–Trinajstić information content (AvgIpc) is 3.51. The highest BCUT2D eigenvalue weighted by molar-refractivity contribution is 5.95. The SMILES string of the molecule is COc1ccc(C(OC[C@H]2O[C@@H](n3cc(C)c(=O)n(C(=O)c4ccccc4)c3=O)C[C@@H]2O)(c2ccccc2)c2ccc(OC)cc2)cc1. The summed E-state index contributed by atoms with van der Waals surface area (Å²) in [5, 5.41) is 11.2. The summed E-state index contributed by atoms with van der Waals surface area (Å²) >= 11 is 0. The van der Waals surface area contributed by atoms with Crippen LogP contribution in [0.4, 0.5) is 0 Å². The first-order valence-corrected chi connectivity index (χ1v) is 15.5. The summed E-state index contributed by atoms with van der Waals surface area (Å²) < 4.78 is 25.8. The molecule has 0 saturated carbocycles. The summed E-state index contributed by atoms with van der Waals surface area (Å²) in [5.74, 6) is 0.620. The summed E-state index contributed by atoms with van der Waals surface area (Å²) in [6, 6.07) is 33.0. The Bertz CT molecular complexity index is 1940. The Hall–Kier alpha value is -5.29. The van der Waals surface area contributed by atoms with Crippen molar-refractivity contribution in [2.75, 3.05) is 20.8 Å². The molecule has 0 spiro atoms. The minimum Gasteiger partial charge on any atom is -0.497 e. The van der Waals surface area contributed by atoms with E-state index >= 15 is 0 Å². The highest BCUT2D eigenvalue weighted by atomic mass is 16.6. The maximum Gasteiger partial charge on any atom is 0.340 e. The van der Waals surface area contributed by atoms with E-state index in [1.807, 2.05) is 78.9 Å². The Kier molecular flexibility index (Phi) is 9.40. The van der Waals surface area contributed by atoms with E-state index < -0.39 is 41.2 Å². The van der Waals surface area contributed by atoms with Gasteiger partial charge in [-0.3, -0.25) is 14.2 Å². The van der Waals surface area contributed by atoms with Crippen LogP contribution in [0.15, 0.2) is 125 Å². The van der Waals surface area contributed by atoms with E-state index in [1.54, 1.807) is 32.4 Å². The van der Waals surface area contributed by atoms with Crippen LogP contribution in [0.3, 0.4) is 0 Å². The van der Waals surface area contributed by atoms with Crippen LogP contribution in [0, 0.1) is 6.92 Å². The van der Waals surface area contributed by atoms with E-state index in [1.165, 1.54) is 29.8 Å². The van der Waals surface area contributed by atoms with Crippen molar-refractivity contribution in [3.8, 4) is 11.5 Å². The van der Waals surface area contributed by atoms with Crippen LogP contribution in [0.25, 0.3) is 0 Å². The Morgan fingerprint density at radius 1 is 0.812 bits per heavy atom. The van der Waals surface area contributed by atoms with Crippen molar-refractivity contribution in [2.24, 2.45) is 0 Å². The lowest BCUT2D eigenvalue weighted by atomic mass is 9.80. The molecule has 0 radical (unpaired) electrons. The molecule has 1 saturated heterocycles. The molecule has 2 heterocycles. The second-order valence-electron chi connectivity index (χ2n) is 11.6. The van der Waals surface area contributed by atoms with Gasteiger partial charge in [0.2, 0.25) is 0 Å². The quantitative estimate of drug-likeness (QED) is 0.217. The fraction of sp³-hybridized carbons (Fsp3) is 0.237. The predicted molar refractivity (Wildman–Crippen MR) is 179 cm³/mol. The van der Waals surface area contributed by atoms with Crippen LogP contribution in [0.2, 0.25) is 0 Å². The Morgan fingerprint density at radius 3 is 1.88 bits per heavy atom. The van der Waals surface area contributed by atoms with Crippen LogP contribution >= 0.6 is 0 Å². The minimum atomic E-state index is -1.15. The van der Waals surface area contributed by atoms with Gasteiger partial charge in [-0.1, -0.05) is 72.8 Å². The van der Waals surface area contributed by atoms with Crippen molar-refractivity contribution < 1.29 is 28.8 Å². The molecular formula is C38H36N2O8. The van der Waals surface area contributed by atoms with E-state index in [-0.39, 0.29) is 24.2 Å². The van der Waals surface area contributed by atoms with Gasteiger partial charge in [-0.2, -0.15) is 4.57 Å². The molecule has 246 valence electrons. The van der Waals surface area contributed by atoms with Crippen molar-refractivity contribution in [2.45, 2.75) is 37.4 Å². The topological polar surface area (TPSA) is 118 Å². The van der Waals surface area contributed by atoms with E-state index in [4.69, 9.17) is 18.9 Å². The molecule has 48 heavy (non-hydrogen) atoms. The van der Waals surface area contributed by atoms with Crippen molar-refractivity contribution in [1.82, 2.24) is 9.13 Å². The highest BCUT2D eigenvalue weighted by Gasteiger charge is 2.42. The third kappa shape index (κ3) is 6.09. The molecule has 0 amide bonds. The number of aryl methyl sites for hydroxylation is 1. The number of methoxy groups -OCH3 is 2. The largest absolute Gasteiger partial charge is 0.497 e. The zero-order chi connectivity index (χ0) is 33.8. The summed E-state index contributed by atoms with van der Waals surface area (Å²) in [6.07, 6.45) is -1.43. The van der Waals surface area contributed by atoms with Crippen LogP contribution in [0.5, 0.6) is 11.5 Å².